The Morgan fingerprint density at radius 3 is 2.78 bits per heavy atom. The van der Waals surface area contributed by atoms with Gasteiger partial charge in [-0.25, -0.2) is 0 Å². The highest BCUT2D eigenvalue weighted by Gasteiger charge is 2.55. The number of fused-ring (bicyclic) bond motifs is 2. The van der Waals surface area contributed by atoms with Crippen LogP contribution in [0.15, 0.2) is 18.2 Å². The first-order chi connectivity index (χ1) is 8.74. The number of anilines is 1. The molecular weight excluding hydrogens is 228 g/mol. The van der Waals surface area contributed by atoms with E-state index in [4.69, 9.17) is 0 Å². The van der Waals surface area contributed by atoms with Crippen LogP contribution < -0.4 is 10.2 Å². The van der Waals surface area contributed by atoms with Gasteiger partial charge in [0.2, 0.25) is 5.91 Å². The molecule has 4 nitrogen and oxygen atoms in total. The SMILES string of the molecule is CCc1cccc2c1C1(CNC1)C(=O)N2CC=O. The molecule has 0 atom stereocenters. The normalized spacial score (nSPS) is 19.8. The molecule has 2 heterocycles. The zero-order valence-electron chi connectivity index (χ0n) is 10.4. The summed E-state index contributed by atoms with van der Waals surface area (Å²) in [4.78, 5) is 25.0. The average Bonchev–Trinajstić information content (AvgIpc) is 2.59. The summed E-state index contributed by atoms with van der Waals surface area (Å²) in [7, 11) is 0. The number of aryl methyl sites for hydroxylation is 1. The number of carbonyl (C=O) groups excluding carboxylic acids is 2. The van der Waals surface area contributed by atoms with E-state index in [0.717, 1.165) is 24.0 Å². The smallest absolute Gasteiger partial charge is 0.240 e. The third-order valence-electron chi connectivity index (χ3n) is 4.04. The second-order valence-corrected chi connectivity index (χ2v) is 4.93. The molecule has 1 N–H and O–H groups in total. The van der Waals surface area contributed by atoms with Crippen molar-refractivity contribution in [3.8, 4) is 0 Å². The van der Waals surface area contributed by atoms with Crippen molar-refractivity contribution in [1.82, 2.24) is 5.32 Å². The largest absolute Gasteiger partial charge is 0.314 e. The highest BCUT2D eigenvalue weighted by molar-refractivity contribution is 6.11. The quantitative estimate of drug-likeness (QED) is 0.794. The van der Waals surface area contributed by atoms with Gasteiger partial charge in [0.1, 0.15) is 11.7 Å². The van der Waals surface area contributed by atoms with Crippen LogP contribution in [0.5, 0.6) is 0 Å². The van der Waals surface area contributed by atoms with E-state index in [1.807, 2.05) is 12.1 Å². The van der Waals surface area contributed by atoms with Gasteiger partial charge in [-0.2, -0.15) is 0 Å². The van der Waals surface area contributed by atoms with Crippen molar-refractivity contribution >= 4 is 17.9 Å². The summed E-state index contributed by atoms with van der Waals surface area (Å²) in [5, 5.41) is 3.19. The van der Waals surface area contributed by atoms with Gasteiger partial charge in [0, 0.05) is 18.8 Å². The van der Waals surface area contributed by atoms with E-state index in [-0.39, 0.29) is 12.5 Å². The molecule has 4 heteroatoms. The van der Waals surface area contributed by atoms with Crippen LogP contribution in [0.2, 0.25) is 0 Å². The molecule has 0 saturated carbocycles. The lowest BCUT2D eigenvalue weighted by atomic mass is 9.74. The number of amides is 1. The van der Waals surface area contributed by atoms with Crippen LogP contribution in [0.1, 0.15) is 18.1 Å². The number of benzene rings is 1. The minimum atomic E-state index is -0.412. The third kappa shape index (κ3) is 1.24. The highest BCUT2D eigenvalue weighted by atomic mass is 16.2. The zero-order valence-corrected chi connectivity index (χ0v) is 10.4. The fourth-order valence-electron chi connectivity index (χ4n) is 3.09. The van der Waals surface area contributed by atoms with Crippen LogP contribution in [0, 0.1) is 0 Å². The number of aldehydes is 1. The second kappa shape index (κ2) is 3.92. The van der Waals surface area contributed by atoms with Crippen molar-refractivity contribution in [3.05, 3.63) is 29.3 Å². The Morgan fingerprint density at radius 2 is 2.22 bits per heavy atom. The molecule has 1 spiro atoms. The number of hydrogen-bond donors (Lipinski definition) is 1. The van der Waals surface area contributed by atoms with Crippen LogP contribution in [-0.4, -0.2) is 31.8 Å². The van der Waals surface area contributed by atoms with Gasteiger partial charge in [0.25, 0.3) is 0 Å². The number of nitrogens with one attached hydrogen (secondary N) is 1. The summed E-state index contributed by atoms with van der Waals surface area (Å²) < 4.78 is 0. The average molecular weight is 244 g/mol. The van der Waals surface area contributed by atoms with Gasteiger partial charge in [-0.1, -0.05) is 19.1 Å². The van der Waals surface area contributed by atoms with E-state index in [1.54, 1.807) is 4.90 Å². The highest BCUT2D eigenvalue weighted by Crippen LogP contribution is 2.45. The molecular formula is C14H16N2O2. The molecule has 1 fully saturated rings. The molecule has 3 rings (SSSR count). The van der Waals surface area contributed by atoms with E-state index in [1.165, 1.54) is 5.56 Å². The lowest BCUT2D eigenvalue weighted by molar-refractivity contribution is -0.125. The molecule has 2 aliphatic rings. The summed E-state index contributed by atoms with van der Waals surface area (Å²) in [6.07, 6.45) is 1.71. The lowest BCUT2D eigenvalue weighted by Gasteiger charge is -2.38. The Kier molecular flexibility index (Phi) is 2.48. The maximum Gasteiger partial charge on any atom is 0.240 e. The zero-order chi connectivity index (χ0) is 12.8. The van der Waals surface area contributed by atoms with Crippen molar-refractivity contribution in [1.29, 1.82) is 0 Å². The van der Waals surface area contributed by atoms with Gasteiger partial charge >= 0.3 is 0 Å². The van der Waals surface area contributed by atoms with Gasteiger partial charge in [-0.15, -0.1) is 0 Å². The Bertz CT molecular complexity index is 521. The Balaban J connectivity index is 2.19. The third-order valence-corrected chi connectivity index (χ3v) is 4.04. The molecule has 0 bridgehead atoms. The van der Waals surface area contributed by atoms with Crippen molar-refractivity contribution in [2.24, 2.45) is 0 Å². The summed E-state index contributed by atoms with van der Waals surface area (Å²) in [5.41, 5.74) is 2.87. The fourth-order valence-corrected chi connectivity index (χ4v) is 3.09. The van der Waals surface area contributed by atoms with E-state index in [0.29, 0.717) is 13.1 Å². The van der Waals surface area contributed by atoms with Gasteiger partial charge in [-0.05, 0) is 23.6 Å². The van der Waals surface area contributed by atoms with Crippen LogP contribution in [0.25, 0.3) is 0 Å². The molecule has 94 valence electrons. The number of hydrogen-bond acceptors (Lipinski definition) is 3. The molecule has 1 saturated heterocycles. The first kappa shape index (κ1) is 11.4. The van der Waals surface area contributed by atoms with E-state index in [2.05, 4.69) is 18.3 Å². The van der Waals surface area contributed by atoms with E-state index in [9.17, 15) is 9.59 Å². The van der Waals surface area contributed by atoms with Crippen molar-refractivity contribution in [2.45, 2.75) is 18.8 Å². The maximum absolute atomic E-state index is 12.6. The molecule has 0 aliphatic carbocycles. The molecule has 1 aromatic rings. The van der Waals surface area contributed by atoms with Gasteiger partial charge in [0.05, 0.1) is 6.54 Å². The van der Waals surface area contributed by atoms with Crippen LogP contribution in [-0.2, 0) is 21.4 Å². The second-order valence-electron chi connectivity index (χ2n) is 4.93. The topological polar surface area (TPSA) is 49.4 Å². The molecule has 18 heavy (non-hydrogen) atoms. The predicted molar refractivity (Wildman–Crippen MR) is 68.8 cm³/mol. The molecule has 2 aliphatic heterocycles. The predicted octanol–water partition coefficient (Wildman–Crippen LogP) is 0.635. The Hall–Kier alpha value is -1.68. The summed E-state index contributed by atoms with van der Waals surface area (Å²) >= 11 is 0. The minimum absolute atomic E-state index is 0.0734. The first-order valence-corrected chi connectivity index (χ1v) is 6.33. The van der Waals surface area contributed by atoms with Gasteiger partial charge in [-0.3, -0.25) is 4.79 Å². The summed E-state index contributed by atoms with van der Waals surface area (Å²) in [6.45, 7) is 3.62. The minimum Gasteiger partial charge on any atom is -0.314 e. The van der Waals surface area contributed by atoms with Gasteiger partial charge < -0.3 is 15.0 Å². The molecule has 1 amide bonds. The fraction of sp³-hybridized carbons (Fsp3) is 0.429. The summed E-state index contributed by atoms with van der Waals surface area (Å²) in [6, 6.07) is 5.99. The summed E-state index contributed by atoms with van der Waals surface area (Å²) in [5.74, 6) is 0.0734. The van der Waals surface area contributed by atoms with Crippen molar-refractivity contribution in [2.75, 3.05) is 24.5 Å². The maximum atomic E-state index is 12.6. The molecule has 0 unspecified atom stereocenters. The molecule has 0 aromatic heterocycles. The standard InChI is InChI=1S/C14H16N2O2/c1-2-10-4-3-5-11-12(10)14(8-15-9-14)13(18)16(11)6-7-17/h3-5,7,15H,2,6,8-9H2,1H3. The first-order valence-electron chi connectivity index (χ1n) is 6.33. The van der Waals surface area contributed by atoms with Crippen molar-refractivity contribution in [3.63, 3.8) is 0 Å². The van der Waals surface area contributed by atoms with Crippen molar-refractivity contribution < 1.29 is 9.59 Å². The number of rotatable bonds is 3. The van der Waals surface area contributed by atoms with E-state index >= 15 is 0 Å². The lowest BCUT2D eigenvalue weighted by Crippen LogP contribution is -2.62. The van der Waals surface area contributed by atoms with Crippen LogP contribution in [0.4, 0.5) is 5.69 Å². The Morgan fingerprint density at radius 1 is 1.44 bits per heavy atom. The Labute approximate surface area is 106 Å². The van der Waals surface area contributed by atoms with Crippen LogP contribution >= 0.6 is 0 Å². The van der Waals surface area contributed by atoms with Crippen LogP contribution in [0.3, 0.4) is 0 Å². The molecule has 1 aromatic carbocycles. The van der Waals surface area contributed by atoms with Gasteiger partial charge in [0.15, 0.2) is 0 Å². The molecule has 0 radical (unpaired) electrons. The van der Waals surface area contributed by atoms with E-state index < -0.39 is 5.41 Å². The number of nitrogens with zero attached hydrogens (tertiary/aromatic N) is 1. The number of carbonyl (C=O) groups is 2. The monoisotopic (exact) mass is 244 g/mol.